The molecule has 0 N–H and O–H groups in total. The number of hydrogen-bond donors (Lipinski definition) is 0. The van der Waals surface area contributed by atoms with Crippen molar-refractivity contribution in [3.63, 3.8) is 0 Å². The van der Waals surface area contributed by atoms with Gasteiger partial charge in [-0.15, -0.1) is 11.3 Å². The molecule has 1 aromatic heterocycles. The minimum Gasteiger partial charge on any atom is -0.340 e. The Hall–Kier alpha value is -1.68. The zero-order valence-corrected chi connectivity index (χ0v) is 13.1. The van der Waals surface area contributed by atoms with Gasteiger partial charge in [-0.3, -0.25) is 4.79 Å². The monoisotopic (exact) mass is 300 g/mol. The highest BCUT2D eigenvalue weighted by Crippen LogP contribution is 2.27. The van der Waals surface area contributed by atoms with Crippen LogP contribution in [0.5, 0.6) is 0 Å². The fourth-order valence-corrected chi connectivity index (χ4v) is 3.40. The highest BCUT2D eigenvalue weighted by Gasteiger charge is 2.23. The summed E-state index contributed by atoms with van der Waals surface area (Å²) >= 11 is 1.57. The van der Waals surface area contributed by atoms with Gasteiger partial charge in [0, 0.05) is 25.4 Å². The number of amides is 1. The third-order valence-corrected chi connectivity index (χ3v) is 4.92. The predicted octanol–water partition coefficient (Wildman–Crippen LogP) is 3.61. The summed E-state index contributed by atoms with van der Waals surface area (Å²) in [7, 11) is 1.89. The Morgan fingerprint density at radius 2 is 2.10 bits per heavy atom. The number of hydrogen-bond acceptors (Lipinski definition) is 3. The number of thiazole rings is 1. The zero-order chi connectivity index (χ0) is 14.7. The Bertz CT molecular complexity index is 604. The molecule has 2 aromatic rings. The summed E-state index contributed by atoms with van der Waals surface area (Å²) in [5.41, 5.74) is 1.82. The van der Waals surface area contributed by atoms with Gasteiger partial charge in [-0.25, -0.2) is 4.98 Å². The number of aromatic nitrogens is 1. The summed E-state index contributed by atoms with van der Waals surface area (Å²) in [6.45, 7) is 0.865. The third kappa shape index (κ3) is 3.50. The van der Waals surface area contributed by atoms with Crippen LogP contribution in [0.4, 0.5) is 0 Å². The number of carbonyl (C=O) groups is 1. The molecule has 0 atom stereocenters. The second kappa shape index (κ2) is 6.39. The number of nitrogens with zero attached hydrogens (tertiary/aromatic N) is 2. The van der Waals surface area contributed by atoms with Crippen LogP contribution >= 0.6 is 11.3 Å². The van der Waals surface area contributed by atoms with Gasteiger partial charge in [0.25, 0.3) is 5.91 Å². The highest BCUT2D eigenvalue weighted by atomic mass is 32.1. The van der Waals surface area contributed by atoms with Crippen molar-refractivity contribution >= 4 is 17.2 Å². The smallest absolute Gasteiger partial charge is 0.273 e. The molecule has 0 unspecified atom stereocenters. The molecule has 3 nitrogen and oxygen atoms in total. The fourth-order valence-electron chi connectivity index (χ4n) is 2.60. The molecule has 1 aliphatic carbocycles. The molecule has 110 valence electrons. The average Bonchev–Trinajstić information content (AvgIpc) is 2.91. The molecule has 0 bridgehead atoms. The Morgan fingerprint density at radius 3 is 2.76 bits per heavy atom. The first-order valence-corrected chi connectivity index (χ1v) is 8.34. The molecular formula is C17H20N2OS. The predicted molar refractivity (Wildman–Crippen MR) is 85.7 cm³/mol. The maximum Gasteiger partial charge on any atom is 0.273 e. The van der Waals surface area contributed by atoms with E-state index in [4.69, 9.17) is 0 Å². The normalized spacial score (nSPS) is 14.7. The van der Waals surface area contributed by atoms with Crippen LogP contribution in [0.15, 0.2) is 35.7 Å². The van der Waals surface area contributed by atoms with Crippen molar-refractivity contribution in [1.29, 1.82) is 0 Å². The first-order valence-electron chi connectivity index (χ1n) is 7.46. The van der Waals surface area contributed by atoms with Crippen molar-refractivity contribution in [2.75, 3.05) is 13.6 Å². The van der Waals surface area contributed by atoms with Crippen LogP contribution < -0.4 is 0 Å². The van der Waals surface area contributed by atoms with E-state index in [1.807, 2.05) is 35.5 Å². The quantitative estimate of drug-likeness (QED) is 0.845. The number of rotatable bonds is 5. The van der Waals surface area contributed by atoms with Crippen LogP contribution in [0.2, 0.25) is 0 Å². The summed E-state index contributed by atoms with van der Waals surface area (Å²) in [6, 6.07) is 10.2. The van der Waals surface area contributed by atoms with E-state index < -0.39 is 0 Å². The molecule has 1 fully saturated rings. The van der Waals surface area contributed by atoms with E-state index in [1.54, 1.807) is 11.3 Å². The largest absolute Gasteiger partial charge is 0.340 e. The van der Waals surface area contributed by atoms with Gasteiger partial charge in [0.2, 0.25) is 0 Å². The Balaban J connectivity index is 1.62. The van der Waals surface area contributed by atoms with Crippen LogP contribution in [-0.2, 0) is 6.42 Å². The summed E-state index contributed by atoms with van der Waals surface area (Å²) in [6.07, 6.45) is 4.62. The van der Waals surface area contributed by atoms with Gasteiger partial charge in [0.05, 0.1) is 5.01 Å². The van der Waals surface area contributed by atoms with E-state index in [9.17, 15) is 4.79 Å². The second-order valence-corrected chi connectivity index (χ2v) is 6.71. The lowest BCUT2D eigenvalue weighted by Gasteiger charge is -2.29. The van der Waals surface area contributed by atoms with Gasteiger partial charge >= 0.3 is 0 Å². The lowest BCUT2D eigenvalue weighted by Crippen LogP contribution is -2.34. The second-order valence-electron chi connectivity index (χ2n) is 5.77. The van der Waals surface area contributed by atoms with Crippen LogP contribution in [0, 0.1) is 5.92 Å². The van der Waals surface area contributed by atoms with Gasteiger partial charge in [-0.05, 0) is 24.3 Å². The van der Waals surface area contributed by atoms with E-state index in [-0.39, 0.29) is 5.91 Å². The first kappa shape index (κ1) is 14.3. The van der Waals surface area contributed by atoms with E-state index in [0.717, 1.165) is 18.0 Å². The zero-order valence-electron chi connectivity index (χ0n) is 12.3. The Kier molecular flexibility index (Phi) is 4.34. The van der Waals surface area contributed by atoms with E-state index in [1.165, 1.54) is 24.8 Å². The summed E-state index contributed by atoms with van der Waals surface area (Å²) in [5, 5.41) is 2.89. The third-order valence-electron chi connectivity index (χ3n) is 4.07. The van der Waals surface area contributed by atoms with Crippen molar-refractivity contribution in [3.05, 3.63) is 52.0 Å². The van der Waals surface area contributed by atoms with Crippen molar-refractivity contribution in [1.82, 2.24) is 9.88 Å². The van der Waals surface area contributed by atoms with Gasteiger partial charge in [-0.2, -0.15) is 0 Å². The molecule has 0 spiro atoms. The van der Waals surface area contributed by atoms with Crippen LogP contribution in [0.1, 0.15) is 40.3 Å². The average molecular weight is 300 g/mol. The lowest BCUT2D eigenvalue weighted by atomic mass is 9.85. The molecule has 1 heterocycles. The number of benzene rings is 1. The molecule has 0 saturated heterocycles. The summed E-state index contributed by atoms with van der Waals surface area (Å²) in [4.78, 5) is 18.7. The standard InChI is InChI=1S/C17H20N2OS/c1-19(11-14-8-5-9-14)17(20)15-12-21-16(18-15)10-13-6-3-2-4-7-13/h2-4,6-7,12,14H,5,8-11H2,1H3. The fraction of sp³-hybridized carbons (Fsp3) is 0.412. The molecule has 21 heavy (non-hydrogen) atoms. The van der Waals surface area contributed by atoms with Gasteiger partial charge < -0.3 is 4.90 Å². The summed E-state index contributed by atoms with van der Waals surface area (Å²) in [5.74, 6) is 0.749. The van der Waals surface area contributed by atoms with Crippen molar-refractivity contribution in [2.24, 2.45) is 5.92 Å². The molecule has 3 rings (SSSR count). The first-order chi connectivity index (χ1) is 10.2. The highest BCUT2D eigenvalue weighted by molar-refractivity contribution is 7.09. The molecule has 1 aromatic carbocycles. The maximum atomic E-state index is 12.4. The molecule has 1 aliphatic rings. The summed E-state index contributed by atoms with van der Waals surface area (Å²) < 4.78 is 0. The molecule has 4 heteroatoms. The van der Waals surface area contributed by atoms with Gasteiger partial charge in [0.1, 0.15) is 5.69 Å². The van der Waals surface area contributed by atoms with Crippen molar-refractivity contribution in [2.45, 2.75) is 25.7 Å². The lowest BCUT2D eigenvalue weighted by molar-refractivity contribution is 0.0740. The van der Waals surface area contributed by atoms with E-state index in [2.05, 4.69) is 17.1 Å². The van der Waals surface area contributed by atoms with Crippen LogP contribution in [0.3, 0.4) is 0 Å². The topological polar surface area (TPSA) is 33.2 Å². The van der Waals surface area contributed by atoms with Crippen molar-refractivity contribution in [3.8, 4) is 0 Å². The minimum atomic E-state index is 0.0532. The van der Waals surface area contributed by atoms with Gasteiger partial charge in [-0.1, -0.05) is 36.8 Å². The van der Waals surface area contributed by atoms with Crippen LogP contribution in [0.25, 0.3) is 0 Å². The molecule has 0 aliphatic heterocycles. The van der Waals surface area contributed by atoms with Crippen LogP contribution in [-0.4, -0.2) is 29.4 Å². The van der Waals surface area contributed by atoms with Gasteiger partial charge in [0.15, 0.2) is 0 Å². The molecular weight excluding hydrogens is 280 g/mol. The minimum absolute atomic E-state index is 0.0532. The number of carbonyl (C=O) groups excluding carboxylic acids is 1. The molecule has 0 radical (unpaired) electrons. The maximum absolute atomic E-state index is 12.4. The van der Waals surface area contributed by atoms with Crippen molar-refractivity contribution < 1.29 is 4.79 Å². The SMILES string of the molecule is CN(CC1CCC1)C(=O)c1csc(Cc2ccccc2)n1. The van der Waals surface area contributed by atoms with E-state index >= 15 is 0 Å². The Morgan fingerprint density at radius 1 is 1.33 bits per heavy atom. The molecule has 1 saturated carbocycles. The Labute approximate surface area is 129 Å². The molecule has 1 amide bonds. The van der Waals surface area contributed by atoms with E-state index in [0.29, 0.717) is 11.6 Å².